The number of rotatable bonds is 3. The summed E-state index contributed by atoms with van der Waals surface area (Å²) < 4.78 is 14.6. The van der Waals surface area contributed by atoms with Gasteiger partial charge >= 0.3 is 0 Å². The van der Waals surface area contributed by atoms with Crippen LogP contribution in [0.15, 0.2) is 24.3 Å². The zero-order valence-electron chi connectivity index (χ0n) is 10.2. The SMILES string of the molecule is CC(C)c1nn(-c2cccc(F)c2)c(Cl)c1CO. The van der Waals surface area contributed by atoms with Crippen LogP contribution >= 0.6 is 11.6 Å². The molecule has 0 aliphatic rings. The van der Waals surface area contributed by atoms with Gasteiger partial charge in [-0.3, -0.25) is 0 Å². The van der Waals surface area contributed by atoms with Crippen LogP contribution in [-0.2, 0) is 6.61 Å². The second-order valence-electron chi connectivity index (χ2n) is 4.36. The Kier molecular flexibility index (Phi) is 3.68. The van der Waals surface area contributed by atoms with E-state index >= 15 is 0 Å². The van der Waals surface area contributed by atoms with Crippen molar-refractivity contribution < 1.29 is 9.50 Å². The van der Waals surface area contributed by atoms with Crippen LogP contribution in [0, 0.1) is 5.82 Å². The minimum atomic E-state index is -0.351. The minimum absolute atomic E-state index is 0.138. The van der Waals surface area contributed by atoms with Gasteiger partial charge in [-0.05, 0) is 24.1 Å². The zero-order chi connectivity index (χ0) is 13.3. The number of nitrogens with zero attached hydrogens (tertiary/aromatic N) is 2. The second-order valence-corrected chi connectivity index (χ2v) is 4.72. The van der Waals surface area contributed by atoms with E-state index in [9.17, 15) is 9.50 Å². The first-order valence-electron chi connectivity index (χ1n) is 5.68. The molecular weight excluding hydrogens is 255 g/mol. The van der Waals surface area contributed by atoms with Crippen molar-refractivity contribution in [2.24, 2.45) is 0 Å². The van der Waals surface area contributed by atoms with Crippen LogP contribution in [0.25, 0.3) is 5.69 Å². The molecule has 1 N–H and O–H groups in total. The third-order valence-electron chi connectivity index (χ3n) is 2.71. The van der Waals surface area contributed by atoms with Crippen molar-refractivity contribution in [3.8, 4) is 5.69 Å². The van der Waals surface area contributed by atoms with Gasteiger partial charge in [0.1, 0.15) is 11.0 Å². The van der Waals surface area contributed by atoms with Crippen LogP contribution in [-0.4, -0.2) is 14.9 Å². The van der Waals surface area contributed by atoms with E-state index in [0.717, 1.165) is 5.69 Å². The molecule has 1 heterocycles. The Morgan fingerprint density at radius 1 is 1.44 bits per heavy atom. The lowest BCUT2D eigenvalue weighted by atomic mass is 10.1. The third-order valence-corrected chi connectivity index (χ3v) is 3.10. The van der Waals surface area contributed by atoms with E-state index in [4.69, 9.17) is 11.6 Å². The average Bonchev–Trinajstić information content (AvgIpc) is 2.66. The summed E-state index contributed by atoms with van der Waals surface area (Å²) in [5, 5.41) is 14.0. The molecule has 0 spiro atoms. The normalized spacial score (nSPS) is 11.2. The molecule has 1 aromatic heterocycles. The molecule has 0 fully saturated rings. The van der Waals surface area contributed by atoms with Gasteiger partial charge in [0.05, 0.1) is 18.0 Å². The number of aromatic nitrogens is 2. The molecule has 0 saturated carbocycles. The van der Waals surface area contributed by atoms with Gasteiger partial charge in [-0.2, -0.15) is 5.10 Å². The van der Waals surface area contributed by atoms with Gasteiger partial charge in [-0.25, -0.2) is 9.07 Å². The van der Waals surface area contributed by atoms with Gasteiger partial charge in [0.15, 0.2) is 0 Å². The Balaban J connectivity index is 2.59. The molecule has 0 saturated heterocycles. The van der Waals surface area contributed by atoms with Crippen molar-refractivity contribution in [1.82, 2.24) is 9.78 Å². The summed E-state index contributed by atoms with van der Waals surface area (Å²) in [6.45, 7) is 3.75. The molecule has 0 amide bonds. The molecule has 0 unspecified atom stereocenters. The van der Waals surface area contributed by atoms with E-state index in [2.05, 4.69) is 5.10 Å². The van der Waals surface area contributed by atoms with Crippen LogP contribution in [0.3, 0.4) is 0 Å². The van der Waals surface area contributed by atoms with Gasteiger partial charge in [-0.1, -0.05) is 31.5 Å². The Morgan fingerprint density at radius 3 is 2.67 bits per heavy atom. The first-order chi connectivity index (χ1) is 8.54. The Morgan fingerprint density at radius 2 is 2.17 bits per heavy atom. The first-order valence-corrected chi connectivity index (χ1v) is 6.06. The highest BCUT2D eigenvalue weighted by atomic mass is 35.5. The van der Waals surface area contributed by atoms with Crippen molar-refractivity contribution in [3.63, 3.8) is 0 Å². The summed E-state index contributed by atoms with van der Waals surface area (Å²) in [5.74, 6) is -0.213. The second kappa shape index (κ2) is 5.08. The molecule has 0 radical (unpaired) electrons. The van der Waals surface area contributed by atoms with E-state index in [1.165, 1.54) is 16.8 Å². The van der Waals surface area contributed by atoms with Gasteiger partial charge in [0, 0.05) is 5.56 Å². The van der Waals surface area contributed by atoms with Crippen LogP contribution in [0.4, 0.5) is 4.39 Å². The zero-order valence-corrected chi connectivity index (χ0v) is 10.9. The fraction of sp³-hybridized carbons (Fsp3) is 0.308. The van der Waals surface area contributed by atoms with E-state index in [1.807, 2.05) is 13.8 Å². The number of hydrogen-bond acceptors (Lipinski definition) is 2. The van der Waals surface area contributed by atoms with Crippen molar-refractivity contribution in [1.29, 1.82) is 0 Å². The highest BCUT2D eigenvalue weighted by Gasteiger charge is 2.18. The van der Waals surface area contributed by atoms with Crippen molar-refractivity contribution in [2.45, 2.75) is 26.4 Å². The topological polar surface area (TPSA) is 38.0 Å². The van der Waals surface area contributed by atoms with Gasteiger partial charge in [-0.15, -0.1) is 0 Å². The smallest absolute Gasteiger partial charge is 0.138 e. The van der Waals surface area contributed by atoms with Crippen molar-refractivity contribution in [2.75, 3.05) is 0 Å². The van der Waals surface area contributed by atoms with Gasteiger partial charge in [0.25, 0.3) is 0 Å². The summed E-state index contributed by atoms with van der Waals surface area (Å²) in [5.41, 5.74) is 1.87. The van der Waals surface area contributed by atoms with Crippen LogP contribution < -0.4 is 0 Å². The Bertz CT molecular complexity index is 566. The molecular formula is C13H14ClFN2O. The molecule has 0 aliphatic carbocycles. The number of hydrogen-bond donors (Lipinski definition) is 1. The fourth-order valence-corrected chi connectivity index (χ4v) is 2.13. The molecule has 2 aromatic rings. The highest BCUT2D eigenvalue weighted by molar-refractivity contribution is 6.30. The van der Waals surface area contributed by atoms with Crippen molar-refractivity contribution in [3.05, 3.63) is 46.5 Å². The maximum Gasteiger partial charge on any atom is 0.138 e. The molecule has 3 nitrogen and oxygen atoms in total. The molecule has 18 heavy (non-hydrogen) atoms. The molecule has 0 atom stereocenters. The number of aliphatic hydroxyl groups excluding tert-OH is 1. The maximum absolute atomic E-state index is 13.2. The lowest BCUT2D eigenvalue weighted by molar-refractivity contribution is 0.280. The molecule has 5 heteroatoms. The van der Waals surface area contributed by atoms with E-state index < -0.39 is 0 Å². The summed E-state index contributed by atoms with van der Waals surface area (Å²) in [7, 11) is 0. The summed E-state index contributed by atoms with van der Waals surface area (Å²) in [6, 6.07) is 6.02. The number of benzene rings is 1. The lowest BCUT2D eigenvalue weighted by Gasteiger charge is -2.03. The fourth-order valence-electron chi connectivity index (χ4n) is 1.83. The van der Waals surface area contributed by atoms with Crippen LogP contribution in [0.2, 0.25) is 5.15 Å². The molecule has 1 aromatic carbocycles. The summed E-state index contributed by atoms with van der Waals surface area (Å²) >= 11 is 6.18. The first kappa shape index (κ1) is 13.1. The molecule has 0 aliphatic heterocycles. The van der Waals surface area contributed by atoms with E-state index in [1.54, 1.807) is 12.1 Å². The monoisotopic (exact) mass is 268 g/mol. The standard InChI is InChI=1S/C13H14ClFN2O/c1-8(2)12-11(7-18)13(14)17(16-12)10-5-3-4-9(15)6-10/h3-6,8,18H,7H2,1-2H3. The van der Waals surface area contributed by atoms with Crippen LogP contribution in [0.5, 0.6) is 0 Å². The molecule has 0 bridgehead atoms. The lowest BCUT2D eigenvalue weighted by Crippen LogP contribution is -1.98. The van der Waals surface area contributed by atoms with Crippen molar-refractivity contribution >= 4 is 11.6 Å². The molecule has 2 rings (SSSR count). The van der Waals surface area contributed by atoms with Gasteiger partial charge < -0.3 is 5.11 Å². The molecule has 96 valence electrons. The minimum Gasteiger partial charge on any atom is -0.391 e. The third kappa shape index (κ3) is 2.26. The van der Waals surface area contributed by atoms with Gasteiger partial charge in [0.2, 0.25) is 0 Å². The van der Waals surface area contributed by atoms with E-state index in [0.29, 0.717) is 16.4 Å². The Hall–Kier alpha value is -1.39. The quantitative estimate of drug-likeness (QED) is 0.928. The Labute approximate surface area is 110 Å². The highest BCUT2D eigenvalue weighted by Crippen LogP contribution is 2.28. The van der Waals surface area contributed by atoms with Crippen LogP contribution in [0.1, 0.15) is 31.0 Å². The maximum atomic E-state index is 13.2. The predicted octanol–water partition coefficient (Wildman–Crippen LogP) is 3.28. The average molecular weight is 269 g/mol. The number of halogens is 2. The largest absolute Gasteiger partial charge is 0.391 e. The summed E-state index contributed by atoms with van der Waals surface area (Å²) in [6.07, 6.45) is 0. The summed E-state index contributed by atoms with van der Waals surface area (Å²) in [4.78, 5) is 0. The number of aliphatic hydroxyl groups is 1. The predicted molar refractivity (Wildman–Crippen MR) is 68.5 cm³/mol. The van der Waals surface area contributed by atoms with E-state index in [-0.39, 0.29) is 18.3 Å².